The molecule has 94 valence electrons. The Labute approximate surface area is 115 Å². The van der Waals surface area contributed by atoms with Crippen molar-refractivity contribution in [3.8, 4) is 11.6 Å². The summed E-state index contributed by atoms with van der Waals surface area (Å²) in [5.41, 5.74) is 2.26. The van der Waals surface area contributed by atoms with Gasteiger partial charge in [-0.2, -0.15) is 4.98 Å². The molecule has 0 amide bonds. The predicted molar refractivity (Wildman–Crippen MR) is 75.3 cm³/mol. The number of hydrogen-bond acceptors (Lipinski definition) is 4. The van der Waals surface area contributed by atoms with Crippen LogP contribution in [-0.4, -0.2) is 17.0 Å². The average Bonchev–Trinajstić information content (AvgIpc) is 2.36. The normalized spacial score (nSPS) is 10.2. The standard InChI is InChI=1S/C13H14BrN3O/c1-8-6-10(7-9(2)12(8)14)18-11-4-5-16-13(15-3)17-11/h4-7H,1-3H3,(H,15,16,17). The Bertz CT molecular complexity index is 549. The Hall–Kier alpha value is -1.62. The van der Waals surface area contributed by atoms with Crippen molar-refractivity contribution < 1.29 is 4.74 Å². The van der Waals surface area contributed by atoms with Crippen LogP contribution in [0, 0.1) is 13.8 Å². The van der Waals surface area contributed by atoms with Gasteiger partial charge in [0, 0.05) is 23.8 Å². The van der Waals surface area contributed by atoms with E-state index in [-0.39, 0.29) is 0 Å². The molecular weight excluding hydrogens is 294 g/mol. The number of aromatic nitrogens is 2. The molecule has 2 aromatic rings. The minimum Gasteiger partial charge on any atom is -0.439 e. The molecule has 0 saturated carbocycles. The van der Waals surface area contributed by atoms with Crippen LogP contribution in [0.5, 0.6) is 11.6 Å². The largest absolute Gasteiger partial charge is 0.439 e. The Morgan fingerprint density at radius 2 is 1.89 bits per heavy atom. The second kappa shape index (κ2) is 5.35. The Kier molecular flexibility index (Phi) is 3.81. The van der Waals surface area contributed by atoms with Gasteiger partial charge >= 0.3 is 0 Å². The molecule has 1 aromatic carbocycles. The smallest absolute Gasteiger partial charge is 0.225 e. The van der Waals surface area contributed by atoms with Crippen molar-refractivity contribution in [3.05, 3.63) is 40.0 Å². The summed E-state index contributed by atoms with van der Waals surface area (Å²) in [7, 11) is 1.77. The monoisotopic (exact) mass is 307 g/mol. The van der Waals surface area contributed by atoms with Crippen LogP contribution in [0.15, 0.2) is 28.9 Å². The number of benzene rings is 1. The first kappa shape index (κ1) is 12.8. The molecule has 4 nitrogen and oxygen atoms in total. The summed E-state index contributed by atoms with van der Waals surface area (Å²) in [5.74, 6) is 1.84. The summed E-state index contributed by atoms with van der Waals surface area (Å²) in [4.78, 5) is 8.25. The molecule has 5 heteroatoms. The number of ether oxygens (including phenoxy) is 1. The molecule has 1 N–H and O–H groups in total. The summed E-state index contributed by atoms with van der Waals surface area (Å²) in [6.07, 6.45) is 1.66. The fourth-order valence-electron chi connectivity index (χ4n) is 1.61. The minimum atomic E-state index is 0.524. The topological polar surface area (TPSA) is 47.0 Å². The van der Waals surface area contributed by atoms with E-state index in [0.717, 1.165) is 21.3 Å². The molecule has 0 aliphatic carbocycles. The van der Waals surface area contributed by atoms with Crippen LogP contribution in [0.25, 0.3) is 0 Å². The molecule has 0 atom stereocenters. The van der Waals surface area contributed by atoms with Crippen molar-refractivity contribution in [3.63, 3.8) is 0 Å². The van der Waals surface area contributed by atoms with Crippen molar-refractivity contribution in [2.45, 2.75) is 13.8 Å². The molecule has 0 saturated heterocycles. The number of anilines is 1. The molecule has 0 aliphatic rings. The highest BCUT2D eigenvalue weighted by Crippen LogP contribution is 2.28. The highest BCUT2D eigenvalue weighted by atomic mass is 79.9. The van der Waals surface area contributed by atoms with Crippen LogP contribution >= 0.6 is 15.9 Å². The second-order valence-corrected chi connectivity index (χ2v) is 4.73. The SMILES string of the molecule is CNc1nccc(Oc2cc(C)c(Br)c(C)c2)n1. The van der Waals surface area contributed by atoms with Gasteiger partial charge in [-0.25, -0.2) is 4.98 Å². The lowest BCUT2D eigenvalue weighted by Gasteiger charge is -2.09. The summed E-state index contributed by atoms with van der Waals surface area (Å²) < 4.78 is 6.83. The third-order valence-corrected chi connectivity index (χ3v) is 3.74. The number of hydrogen-bond donors (Lipinski definition) is 1. The Morgan fingerprint density at radius 1 is 1.22 bits per heavy atom. The van der Waals surface area contributed by atoms with E-state index in [1.165, 1.54) is 0 Å². The predicted octanol–water partition coefficient (Wildman–Crippen LogP) is 3.69. The fraction of sp³-hybridized carbons (Fsp3) is 0.231. The summed E-state index contributed by atoms with van der Waals surface area (Å²) in [6, 6.07) is 5.67. The molecule has 1 heterocycles. The third kappa shape index (κ3) is 2.79. The zero-order chi connectivity index (χ0) is 13.1. The van der Waals surface area contributed by atoms with Crippen molar-refractivity contribution in [1.29, 1.82) is 0 Å². The van der Waals surface area contributed by atoms with Gasteiger partial charge in [0.05, 0.1) is 0 Å². The van der Waals surface area contributed by atoms with Gasteiger partial charge in [-0.15, -0.1) is 0 Å². The first-order valence-corrected chi connectivity index (χ1v) is 6.35. The van der Waals surface area contributed by atoms with Crippen molar-refractivity contribution in [2.75, 3.05) is 12.4 Å². The number of nitrogens with zero attached hydrogens (tertiary/aromatic N) is 2. The molecular formula is C13H14BrN3O. The van der Waals surface area contributed by atoms with Gasteiger partial charge in [-0.05, 0) is 37.1 Å². The van der Waals surface area contributed by atoms with Crippen molar-refractivity contribution >= 4 is 21.9 Å². The van der Waals surface area contributed by atoms with Gasteiger partial charge in [0.15, 0.2) is 0 Å². The van der Waals surface area contributed by atoms with E-state index in [9.17, 15) is 0 Å². The van der Waals surface area contributed by atoms with Gasteiger partial charge in [-0.3, -0.25) is 0 Å². The average molecular weight is 308 g/mol. The van der Waals surface area contributed by atoms with Crippen LogP contribution in [0.3, 0.4) is 0 Å². The Balaban J connectivity index is 2.28. The summed E-state index contributed by atoms with van der Waals surface area (Å²) >= 11 is 3.53. The molecule has 2 rings (SSSR count). The van der Waals surface area contributed by atoms with Crippen LogP contribution in [0.4, 0.5) is 5.95 Å². The third-order valence-electron chi connectivity index (χ3n) is 2.49. The second-order valence-electron chi connectivity index (χ2n) is 3.94. The summed E-state index contributed by atoms with van der Waals surface area (Å²) in [6.45, 7) is 4.06. The van der Waals surface area contributed by atoms with Crippen LogP contribution in [-0.2, 0) is 0 Å². The molecule has 0 fully saturated rings. The number of aryl methyl sites for hydroxylation is 2. The van der Waals surface area contributed by atoms with Crippen molar-refractivity contribution in [1.82, 2.24) is 9.97 Å². The quantitative estimate of drug-likeness (QED) is 0.939. The van der Waals surface area contributed by atoms with Crippen LogP contribution in [0.2, 0.25) is 0 Å². The molecule has 1 aromatic heterocycles. The summed E-state index contributed by atoms with van der Waals surface area (Å²) in [5, 5.41) is 2.88. The number of rotatable bonds is 3. The maximum Gasteiger partial charge on any atom is 0.225 e. The molecule has 0 spiro atoms. The first-order valence-electron chi connectivity index (χ1n) is 5.55. The van der Waals surface area contributed by atoms with E-state index in [1.54, 1.807) is 19.3 Å². The van der Waals surface area contributed by atoms with E-state index in [0.29, 0.717) is 11.8 Å². The van der Waals surface area contributed by atoms with Gasteiger partial charge in [0.2, 0.25) is 11.8 Å². The van der Waals surface area contributed by atoms with Crippen LogP contribution in [0.1, 0.15) is 11.1 Å². The molecule has 0 unspecified atom stereocenters. The van der Waals surface area contributed by atoms with Gasteiger partial charge in [0.25, 0.3) is 0 Å². The van der Waals surface area contributed by atoms with E-state index in [1.807, 2.05) is 26.0 Å². The molecule has 18 heavy (non-hydrogen) atoms. The highest BCUT2D eigenvalue weighted by Gasteiger charge is 2.05. The van der Waals surface area contributed by atoms with E-state index in [4.69, 9.17) is 4.74 Å². The lowest BCUT2D eigenvalue weighted by molar-refractivity contribution is 0.461. The van der Waals surface area contributed by atoms with Gasteiger partial charge < -0.3 is 10.1 Å². The molecule has 0 bridgehead atoms. The van der Waals surface area contributed by atoms with E-state index in [2.05, 4.69) is 31.2 Å². The number of halogens is 1. The first-order chi connectivity index (χ1) is 8.60. The van der Waals surface area contributed by atoms with Gasteiger partial charge in [0.1, 0.15) is 5.75 Å². The highest BCUT2D eigenvalue weighted by molar-refractivity contribution is 9.10. The minimum absolute atomic E-state index is 0.524. The van der Waals surface area contributed by atoms with E-state index < -0.39 is 0 Å². The maximum atomic E-state index is 5.73. The van der Waals surface area contributed by atoms with Gasteiger partial charge in [-0.1, -0.05) is 15.9 Å². The van der Waals surface area contributed by atoms with Crippen molar-refractivity contribution in [2.24, 2.45) is 0 Å². The van der Waals surface area contributed by atoms with E-state index >= 15 is 0 Å². The fourth-order valence-corrected chi connectivity index (χ4v) is 1.83. The Morgan fingerprint density at radius 3 is 2.50 bits per heavy atom. The van der Waals surface area contributed by atoms with Crippen LogP contribution < -0.4 is 10.1 Å². The molecule has 0 radical (unpaired) electrons. The zero-order valence-corrected chi connectivity index (χ0v) is 12.1. The lowest BCUT2D eigenvalue weighted by atomic mass is 10.1. The lowest BCUT2D eigenvalue weighted by Crippen LogP contribution is -1.97. The molecule has 0 aliphatic heterocycles. The number of nitrogens with one attached hydrogen (secondary N) is 1. The maximum absolute atomic E-state index is 5.73. The zero-order valence-electron chi connectivity index (χ0n) is 10.5.